The Morgan fingerprint density at radius 3 is 1.70 bits per heavy atom. The first-order valence-electron chi connectivity index (χ1n) is 7.85. The van der Waals surface area contributed by atoms with Crippen molar-refractivity contribution in [2.75, 3.05) is 0 Å². The second kappa shape index (κ2) is 7.28. The van der Waals surface area contributed by atoms with Crippen LogP contribution in [0.4, 0.5) is 0 Å². The molecule has 0 aliphatic rings. The predicted octanol–water partition coefficient (Wildman–Crippen LogP) is 6.02. The van der Waals surface area contributed by atoms with Crippen molar-refractivity contribution in [3.63, 3.8) is 0 Å². The van der Waals surface area contributed by atoms with E-state index in [1.165, 1.54) is 47.9 Å². The zero-order chi connectivity index (χ0) is 14.4. The fraction of sp³-hybridized carbons (Fsp3) is 0.400. The van der Waals surface area contributed by atoms with Gasteiger partial charge in [0.2, 0.25) is 0 Å². The van der Waals surface area contributed by atoms with Crippen molar-refractivity contribution < 1.29 is 0 Å². The third-order valence-electron chi connectivity index (χ3n) is 4.22. The quantitative estimate of drug-likeness (QED) is 0.561. The van der Waals surface area contributed by atoms with Crippen LogP contribution in [-0.4, -0.2) is 0 Å². The molecule has 0 bridgehead atoms. The Labute approximate surface area is 123 Å². The molecule has 0 nitrogen and oxygen atoms in total. The van der Waals surface area contributed by atoms with E-state index in [9.17, 15) is 0 Å². The number of benzene rings is 2. The zero-order valence-corrected chi connectivity index (χ0v) is 13.0. The Balaban J connectivity index is 2.35. The molecule has 0 aliphatic carbocycles. The molecule has 2 aromatic carbocycles. The van der Waals surface area contributed by atoms with Gasteiger partial charge in [-0.25, -0.2) is 0 Å². The van der Waals surface area contributed by atoms with E-state index in [1.54, 1.807) is 0 Å². The highest BCUT2D eigenvalue weighted by Crippen LogP contribution is 2.33. The van der Waals surface area contributed by atoms with Crippen LogP contribution in [0.1, 0.15) is 60.8 Å². The van der Waals surface area contributed by atoms with E-state index in [0.717, 1.165) is 0 Å². The Hall–Kier alpha value is -1.56. The fourth-order valence-corrected chi connectivity index (χ4v) is 3.03. The molecule has 0 radical (unpaired) electrons. The molecule has 0 N–H and O–H groups in total. The summed E-state index contributed by atoms with van der Waals surface area (Å²) in [6.07, 6.45) is 5.18. The van der Waals surface area contributed by atoms with Gasteiger partial charge in [-0.1, -0.05) is 74.7 Å². The number of hydrogen-bond donors (Lipinski definition) is 0. The topological polar surface area (TPSA) is 0 Å². The molecule has 0 aliphatic heterocycles. The average molecular weight is 266 g/mol. The summed E-state index contributed by atoms with van der Waals surface area (Å²) in [6.45, 7) is 6.75. The van der Waals surface area contributed by atoms with Gasteiger partial charge in [-0.3, -0.25) is 0 Å². The van der Waals surface area contributed by atoms with Crippen LogP contribution < -0.4 is 0 Å². The SMILES string of the molecule is CCCCCC(c1ccccc1C)c1ccccc1C. The Kier molecular flexibility index (Phi) is 5.40. The highest BCUT2D eigenvalue weighted by atomic mass is 14.2. The first-order chi connectivity index (χ1) is 9.74. The summed E-state index contributed by atoms with van der Waals surface area (Å²) in [6, 6.07) is 17.7. The van der Waals surface area contributed by atoms with Gasteiger partial charge in [0.15, 0.2) is 0 Å². The van der Waals surface area contributed by atoms with Crippen LogP contribution >= 0.6 is 0 Å². The predicted molar refractivity (Wildman–Crippen MR) is 88.3 cm³/mol. The minimum Gasteiger partial charge on any atom is -0.0654 e. The maximum Gasteiger partial charge on any atom is 0.00945 e. The first-order valence-corrected chi connectivity index (χ1v) is 7.85. The molecule has 2 aromatic rings. The van der Waals surface area contributed by atoms with Gasteiger partial charge in [-0.05, 0) is 42.5 Å². The molecule has 0 aromatic heterocycles. The van der Waals surface area contributed by atoms with Crippen molar-refractivity contribution in [1.29, 1.82) is 0 Å². The van der Waals surface area contributed by atoms with Crippen molar-refractivity contribution in [3.8, 4) is 0 Å². The van der Waals surface area contributed by atoms with Crippen molar-refractivity contribution in [3.05, 3.63) is 70.8 Å². The van der Waals surface area contributed by atoms with Crippen LogP contribution in [0, 0.1) is 13.8 Å². The molecule has 0 atom stereocenters. The van der Waals surface area contributed by atoms with E-state index in [2.05, 4.69) is 69.3 Å². The number of aryl methyl sites for hydroxylation is 2. The summed E-state index contributed by atoms with van der Waals surface area (Å²) < 4.78 is 0. The third-order valence-corrected chi connectivity index (χ3v) is 4.22. The number of unbranched alkanes of at least 4 members (excludes halogenated alkanes) is 2. The lowest BCUT2D eigenvalue weighted by Gasteiger charge is -2.22. The van der Waals surface area contributed by atoms with Crippen LogP contribution in [0.5, 0.6) is 0 Å². The average Bonchev–Trinajstić information content (AvgIpc) is 2.46. The van der Waals surface area contributed by atoms with Crippen molar-refractivity contribution in [2.24, 2.45) is 0 Å². The van der Waals surface area contributed by atoms with Crippen molar-refractivity contribution in [2.45, 2.75) is 52.4 Å². The monoisotopic (exact) mass is 266 g/mol. The van der Waals surface area contributed by atoms with Gasteiger partial charge >= 0.3 is 0 Å². The molecule has 106 valence electrons. The molecule has 2 rings (SSSR count). The summed E-state index contributed by atoms with van der Waals surface area (Å²) in [4.78, 5) is 0. The third kappa shape index (κ3) is 3.50. The first kappa shape index (κ1) is 14.8. The summed E-state index contributed by atoms with van der Waals surface area (Å²) in [7, 11) is 0. The van der Waals surface area contributed by atoms with Crippen molar-refractivity contribution in [1.82, 2.24) is 0 Å². The van der Waals surface area contributed by atoms with E-state index in [4.69, 9.17) is 0 Å². The van der Waals surface area contributed by atoms with Gasteiger partial charge in [0, 0.05) is 5.92 Å². The highest BCUT2D eigenvalue weighted by molar-refractivity contribution is 5.40. The summed E-state index contributed by atoms with van der Waals surface area (Å²) in [5.41, 5.74) is 5.82. The molecule has 0 amide bonds. The molecule has 0 heterocycles. The largest absolute Gasteiger partial charge is 0.0654 e. The normalized spacial score (nSPS) is 11.0. The Morgan fingerprint density at radius 1 is 0.750 bits per heavy atom. The zero-order valence-electron chi connectivity index (χ0n) is 13.0. The second-order valence-corrected chi connectivity index (χ2v) is 5.76. The Morgan fingerprint density at radius 2 is 1.25 bits per heavy atom. The summed E-state index contributed by atoms with van der Waals surface area (Å²) in [5, 5.41) is 0. The molecule has 0 saturated carbocycles. The summed E-state index contributed by atoms with van der Waals surface area (Å²) >= 11 is 0. The van der Waals surface area contributed by atoms with Crippen LogP contribution in [-0.2, 0) is 0 Å². The Bertz CT molecular complexity index is 494. The van der Waals surface area contributed by atoms with Gasteiger partial charge in [-0.15, -0.1) is 0 Å². The smallest absolute Gasteiger partial charge is 0.00945 e. The second-order valence-electron chi connectivity index (χ2n) is 5.76. The molecule has 0 heteroatoms. The van der Waals surface area contributed by atoms with Gasteiger partial charge in [-0.2, -0.15) is 0 Å². The van der Waals surface area contributed by atoms with Crippen LogP contribution in [0.2, 0.25) is 0 Å². The number of rotatable bonds is 6. The molecule has 20 heavy (non-hydrogen) atoms. The van der Waals surface area contributed by atoms with Crippen LogP contribution in [0.15, 0.2) is 48.5 Å². The van der Waals surface area contributed by atoms with Crippen LogP contribution in [0.3, 0.4) is 0 Å². The van der Waals surface area contributed by atoms with E-state index in [-0.39, 0.29) is 0 Å². The lowest BCUT2D eigenvalue weighted by molar-refractivity contribution is 0.615. The minimum atomic E-state index is 0.545. The molecule has 0 saturated heterocycles. The highest BCUT2D eigenvalue weighted by Gasteiger charge is 2.17. The van der Waals surface area contributed by atoms with Gasteiger partial charge < -0.3 is 0 Å². The lowest BCUT2D eigenvalue weighted by Crippen LogP contribution is -2.05. The molecule has 0 unspecified atom stereocenters. The summed E-state index contributed by atoms with van der Waals surface area (Å²) in [5.74, 6) is 0.545. The van der Waals surface area contributed by atoms with Gasteiger partial charge in [0.05, 0.1) is 0 Å². The number of hydrogen-bond acceptors (Lipinski definition) is 0. The maximum atomic E-state index is 2.30. The standard InChI is InChI=1S/C20H26/c1-4-5-6-15-20(18-13-9-7-11-16(18)2)19-14-10-8-12-17(19)3/h7-14,20H,4-6,15H2,1-3H3. The molecular formula is C20H26. The van der Waals surface area contributed by atoms with Gasteiger partial charge in [0.25, 0.3) is 0 Å². The molecular weight excluding hydrogens is 240 g/mol. The van der Waals surface area contributed by atoms with E-state index < -0.39 is 0 Å². The van der Waals surface area contributed by atoms with E-state index in [1.807, 2.05) is 0 Å². The molecule has 0 fully saturated rings. The fourth-order valence-electron chi connectivity index (χ4n) is 3.03. The van der Waals surface area contributed by atoms with Crippen molar-refractivity contribution >= 4 is 0 Å². The molecule has 0 spiro atoms. The van der Waals surface area contributed by atoms with E-state index in [0.29, 0.717) is 5.92 Å². The van der Waals surface area contributed by atoms with Crippen LogP contribution in [0.25, 0.3) is 0 Å². The maximum absolute atomic E-state index is 2.30. The lowest BCUT2D eigenvalue weighted by atomic mass is 9.83. The van der Waals surface area contributed by atoms with E-state index >= 15 is 0 Å². The van der Waals surface area contributed by atoms with Gasteiger partial charge in [0.1, 0.15) is 0 Å². The minimum absolute atomic E-state index is 0.545.